The topological polar surface area (TPSA) is 80.5 Å². The van der Waals surface area contributed by atoms with Crippen LogP contribution in [0.5, 0.6) is 11.6 Å². The molecular weight excluding hydrogens is 416 g/mol. The number of ether oxygens (including phenoxy) is 1. The van der Waals surface area contributed by atoms with Gasteiger partial charge in [0.15, 0.2) is 5.76 Å². The number of nitrogens with zero attached hydrogens (tertiary/aromatic N) is 3. The van der Waals surface area contributed by atoms with E-state index in [1.807, 2.05) is 29.2 Å². The van der Waals surface area contributed by atoms with Crippen LogP contribution in [0, 0.1) is 12.8 Å². The summed E-state index contributed by atoms with van der Waals surface area (Å²) in [4.78, 5) is 18.5. The fourth-order valence-corrected chi connectivity index (χ4v) is 3.60. The molecule has 8 heteroatoms. The summed E-state index contributed by atoms with van der Waals surface area (Å²) in [6, 6.07) is 11.2. The lowest BCUT2D eigenvalue weighted by molar-refractivity contribution is 0.197. The molecule has 7 nitrogen and oxygen atoms in total. The molecule has 4 rings (SSSR count). The number of benzene rings is 1. The molecule has 2 amide bonds. The first kappa shape index (κ1) is 20.9. The quantitative estimate of drug-likeness (QED) is 0.558. The number of nitrogens with one attached hydrogen (secondary N) is 1. The minimum Gasteiger partial charge on any atom is -0.439 e. The number of aryl methyl sites for hydroxylation is 1. The van der Waals surface area contributed by atoms with Gasteiger partial charge in [0.05, 0.1) is 11.2 Å². The Morgan fingerprint density at radius 2 is 2.19 bits per heavy atom. The minimum absolute atomic E-state index is 0.136. The number of pyridine rings is 1. The Hall–Kier alpha value is -3.32. The van der Waals surface area contributed by atoms with Crippen LogP contribution in [0.4, 0.5) is 10.5 Å². The Morgan fingerprint density at radius 3 is 2.90 bits per heavy atom. The zero-order valence-corrected chi connectivity index (χ0v) is 18.1. The van der Waals surface area contributed by atoms with Crippen LogP contribution in [-0.2, 0) is 0 Å². The SMILES string of the molecule is Cc1oncc1NC(=O)N1CCC(=Cc2cccc(Oc3ccc(Cl)cn3)c2)C(C)C1. The number of rotatable bonds is 4. The first-order valence-electron chi connectivity index (χ1n) is 10.0. The van der Waals surface area contributed by atoms with E-state index in [0.29, 0.717) is 41.2 Å². The molecule has 0 saturated carbocycles. The van der Waals surface area contributed by atoms with Crippen molar-refractivity contribution in [2.24, 2.45) is 5.92 Å². The summed E-state index contributed by atoms with van der Waals surface area (Å²) in [7, 11) is 0. The lowest BCUT2D eigenvalue weighted by Crippen LogP contribution is -2.42. The molecule has 2 aromatic heterocycles. The van der Waals surface area contributed by atoms with Gasteiger partial charge in [-0.05, 0) is 43.0 Å². The van der Waals surface area contributed by atoms with Gasteiger partial charge >= 0.3 is 6.03 Å². The van der Waals surface area contributed by atoms with Gasteiger partial charge in [-0.25, -0.2) is 9.78 Å². The van der Waals surface area contributed by atoms with E-state index < -0.39 is 0 Å². The number of urea groups is 1. The summed E-state index contributed by atoms with van der Waals surface area (Å²) in [6.45, 7) is 5.20. The molecule has 0 aliphatic carbocycles. The molecule has 1 aromatic carbocycles. The number of hydrogen-bond acceptors (Lipinski definition) is 5. The molecule has 1 unspecified atom stereocenters. The van der Waals surface area contributed by atoms with Crippen molar-refractivity contribution in [3.63, 3.8) is 0 Å². The Kier molecular flexibility index (Phi) is 6.23. The van der Waals surface area contributed by atoms with E-state index in [4.69, 9.17) is 20.9 Å². The second-order valence-electron chi connectivity index (χ2n) is 7.53. The number of aromatic nitrogens is 2. The number of anilines is 1. The Bertz CT molecular complexity index is 1090. The summed E-state index contributed by atoms with van der Waals surface area (Å²) in [5.74, 6) is 2.03. The molecule has 1 N–H and O–H groups in total. The normalized spacial score (nSPS) is 17.6. The minimum atomic E-state index is -0.136. The van der Waals surface area contributed by atoms with Crippen molar-refractivity contribution in [3.05, 3.63) is 70.7 Å². The van der Waals surface area contributed by atoms with Gasteiger partial charge < -0.3 is 19.5 Å². The first-order valence-corrected chi connectivity index (χ1v) is 10.4. The molecule has 31 heavy (non-hydrogen) atoms. The maximum Gasteiger partial charge on any atom is 0.322 e. The van der Waals surface area contributed by atoms with E-state index in [0.717, 1.165) is 12.0 Å². The van der Waals surface area contributed by atoms with Gasteiger partial charge in [-0.2, -0.15) is 0 Å². The lowest BCUT2D eigenvalue weighted by Gasteiger charge is -2.33. The zero-order chi connectivity index (χ0) is 21.8. The van der Waals surface area contributed by atoms with Crippen LogP contribution in [0.25, 0.3) is 6.08 Å². The lowest BCUT2D eigenvalue weighted by atomic mass is 9.91. The van der Waals surface area contributed by atoms with E-state index in [-0.39, 0.29) is 11.9 Å². The summed E-state index contributed by atoms with van der Waals surface area (Å²) >= 11 is 5.87. The zero-order valence-electron chi connectivity index (χ0n) is 17.3. The number of carbonyl (C=O) groups is 1. The first-order chi connectivity index (χ1) is 15.0. The smallest absolute Gasteiger partial charge is 0.322 e. The highest BCUT2D eigenvalue weighted by Crippen LogP contribution is 2.28. The fourth-order valence-electron chi connectivity index (χ4n) is 3.49. The molecule has 1 atom stereocenters. The number of halogens is 1. The molecule has 3 aromatic rings. The highest BCUT2D eigenvalue weighted by molar-refractivity contribution is 6.30. The van der Waals surface area contributed by atoms with Crippen LogP contribution in [-0.4, -0.2) is 34.2 Å². The molecule has 0 bridgehead atoms. The van der Waals surface area contributed by atoms with Gasteiger partial charge in [-0.15, -0.1) is 0 Å². The monoisotopic (exact) mass is 438 g/mol. The number of amides is 2. The average molecular weight is 439 g/mol. The maximum atomic E-state index is 12.6. The van der Waals surface area contributed by atoms with E-state index in [1.54, 1.807) is 25.3 Å². The van der Waals surface area contributed by atoms with Gasteiger partial charge in [0.1, 0.15) is 11.4 Å². The Morgan fingerprint density at radius 1 is 1.32 bits per heavy atom. The van der Waals surface area contributed by atoms with Crippen LogP contribution in [0.2, 0.25) is 5.02 Å². The third-order valence-electron chi connectivity index (χ3n) is 5.21. The van der Waals surface area contributed by atoms with Crippen LogP contribution in [0.15, 0.2) is 58.9 Å². The standard InChI is InChI=1S/C23H23ClN4O3/c1-15-14-28(23(29)27-21-13-26-31-16(21)2)9-8-18(15)10-17-4-3-5-20(11-17)30-22-7-6-19(24)12-25-22/h3-7,10-13,15H,8-9,14H2,1-2H3,(H,27,29). The van der Waals surface area contributed by atoms with Crippen molar-refractivity contribution in [3.8, 4) is 11.6 Å². The van der Waals surface area contributed by atoms with Crippen molar-refractivity contribution in [2.75, 3.05) is 18.4 Å². The number of piperidine rings is 1. The Balaban J connectivity index is 1.40. The molecular formula is C23H23ClN4O3. The molecule has 3 heterocycles. The summed E-state index contributed by atoms with van der Waals surface area (Å²) in [5.41, 5.74) is 2.95. The van der Waals surface area contributed by atoms with E-state index in [2.05, 4.69) is 28.5 Å². The predicted octanol–water partition coefficient (Wildman–Crippen LogP) is 5.78. The largest absolute Gasteiger partial charge is 0.439 e. The molecule has 1 aliphatic rings. The number of carbonyl (C=O) groups excluding carboxylic acids is 1. The van der Waals surface area contributed by atoms with Crippen LogP contribution in [0.3, 0.4) is 0 Å². The molecule has 0 radical (unpaired) electrons. The number of hydrogen-bond donors (Lipinski definition) is 1. The molecule has 1 aliphatic heterocycles. The highest BCUT2D eigenvalue weighted by atomic mass is 35.5. The van der Waals surface area contributed by atoms with E-state index in [1.165, 1.54) is 11.8 Å². The van der Waals surface area contributed by atoms with Crippen molar-refractivity contribution >= 4 is 29.4 Å². The van der Waals surface area contributed by atoms with Gasteiger partial charge in [0.2, 0.25) is 5.88 Å². The summed E-state index contributed by atoms with van der Waals surface area (Å²) in [5, 5.41) is 7.12. The van der Waals surface area contributed by atoms with Gasteiger partial charge in [0.25, 0.3) is 0 Å². The van der Waals surface area contributed by atoms with Gasteiger partial charge in [0, 0.05) is 25.4 Å². The third-order valence-corrected chi connectivity index (χ3v) is 5.43. The summed E-state index contributed by atoms with van der Waals surface area (Å²) in [6.07, 6.45) is 6.05. The van der Waals surface area contributed by atoms with Crippen molar-refractivity contribution in [2.45, 2.75) is 20.3 Å². The third kappa shape index (κ3) is 5.24. The molecule has 160 valence electrons. The van der Waals surface area contributed by atoms with E-state index in [9.17, 15) is 4.79 Å². The highest BCUT2D eigenvalue weighted by Gasteiger charge is 2.25. The molecule has 1 saturated heterocycles. The molecule has 0 spiro atoms. The maximum absolute atomic E-state index is 12.6. The van der Waals surface area contributed by atoms with E-state index >= 15 is 0 Å². The Labute approximate surface area is 185 Å². The predicted molar refractivity (Wildman–Crippen MR) is 119 cm³/mol. The van der Waals surface area contributed by atoms with Gasteiger partial charge in [-0.3, -0.25) is 0 Å². The summed E-state index contributed by atoms with van der Waals surface area (Å²) < 4.78 is 10.8. The second-order valence-corrected chi connectivity index (χ2v) is 7.97. The molecule has 1 fully saturated rings. The van der Waals surface area contributed by atoms with Crippen molar-refractivity contribution in [1.82, 2.24) is 15.0 Å². The fraction of sp³-hybridized carbons (Fsp3) is 0.261. The van der Waals surface area contributed by atoms with Crippen LogP contribution in [0.1, 0.15) is 24.7 Å². The van der Waals surface area contributed by atoms with Crippen LogP contribution < -0.4 is 10.1 Å². The number of likely N-dealkylation sites (tertiary alicyclic amines) is 1. The van der Waals surface area contributed by atoms with Crippen molar-refractivity contribution in [1.29, 1.82) is 0 Å². The average Bonchev–Trinajstić information content (AvgIpc) is 3.16. The van der Waals surface area contributed by atoms with Crippen molar-refractivity contribution < 1.29 is 14.1 Å². The second kappa shape index (κ2) is 9.22. The van der Waals surface area contributed by atoms with Gasteiger partial charge in [-0.1, -0.05) is 47.5 Å². The van der Waals surface area contributed by atoms with Crippen LogP contribution >= 0.6 is 11.6 Å².